The highest BCUT2D eigenvalue weighted by Gasteiger charge is 2.21. The van der Waals surface area contributed by atoms with Crippen LogP contribution in [0.25, 0.3) is 11.3 Å². The first kappa shape index (κ1) is 13.4. The molecule has 0 saturated heterocycles. The predicted molar refractivity (Wildman–Crippen MR) is 83.1 cm³/mol. The third-order valence-corrected chi connectivity index (χ3v) is 4.00. The molecule has 0 amide bonds. The first-order chi connectivity index (χ1) is 9.66. The maximum absolute atomic E-state index is 4.89. The molecule has 0 unspecified atom stereocenters. The zero-order chi connectivity index (χ0) is 14.1. The summed E-state index contributed by atoms with van der Waals surface area (Å²) in [4.78, 5) is 0. The number of fused-ring (bicyclic) bond motifs is 1. The van der Waals surface area contributed by atoms with Gasteiger partial charge in [0.1, 0.15) is 0 Å². The van der Waals surface area contributed by atoms with Crippen molar-refractivity contribution in [2.75, 3.05) is 13.1 Å². The van der Waals surface area contributed by atoms with Crippen LogP contribution in [0, 0.1) is 6.92 Å². The van der Waals surface area contributed by atoms with Gasteiger partial charge in [-0.05, 0) is 33.7 Å². The number of nitrogens with one attached hydrogen (secondary N) is 1. The minimum atomic E-state index is 0.395. The van der Waals surface area contributed by atoms with Crippen molar-refractivity contribution in [3.8, 4) is 11.3 Å². The van der Waals surface area contributed by atoms with E-state index in [0.29, 0.717) is 6.04 Å². The Kier molecular flexibility index (Phi) is 3.62. The first-order valence-electron chi connectivity index (χ1n) is 7.55. The van der Waals surface area contributed by atoms with Gasteiger partial charge in [0.05, 0.1) is 11.4 Å². The van der Waals surface area contributed by atoms with Crippen LogP contribution in [0.3, 0.4) is 0 Å². The summed E-state index contributed by atoms with van der Waals surface area (Å²) < 4.78 is 2.21. The number of benzene rings is 1. The number of hydrogen-bond acceptors (Lipinski definition) is 2. The predicted octanol–water partition coefficient (Wildman–Crippen LogP) is 3.13. The normalized spacial score (nSPS) is 15.2. The van der Waals surface area contributed by atoms with Crippen LogP contribution in [0.4, 0.5) is 0 Å². The van der Waals surface area contributed by atoms with Gasteiger partial charge in [0.15, 0.2) is 0 Å². The van der Waals surface area contributed by atoms with Crippen LogP contribution in [0.15, 0.2) is 24.3 Å². The third-order valence-electron chi connectivity index (χ3n) is 4.00. The molecule has 0 spiro atoms. The van der Waals surface area contributed by atoms with Crippen LogP contribution < -0.4 is 5.32 Å². The Balaban J connectivity index is 2.16. The van der Waals surface area contributed by atoms with Crippen molar-refractivity contribution in [1.82, 2.24) is 15.1 Å². The van der Waals surface area contributed by atoms with E-state index in [-0.39, 0.29) is 0 Å². The first-order valence-corrected chi connectivity index (χ1v) is 7.55. The molecule has 20 heavy (non-hydrogen) atoms. The number of rotatable bonds is 2. The summed E-state index contributed by atoms with van der Waals surface area (Å²) in [6.07, 6.45) is 2.11. The molecule has 2 heterocycles. The largest absolute Gasteiger partial charge is 0.316 e. The van der Waals surface area contributed by atoms with Gasteiger partial charge in [-0.15, -0.1) is 0 Å². The van der Waals surface area contributed by atoms with E-state index in [2.05, 4.69) is 55.0 Å². The zero-order valence-corrected chi connectivity index (χ0v) is 12.6. The van der Waals surface area contributed by atoms with Gasteiger partial charge in [-0.25, -0.2) is 0 Å². The minimum Gasteiger partial charge on any atom is -0.316 e. The quantitative estimate of drug-likeness (QED) is 0.907. The Morgan fingerprint density at radius 2 is 1.80 bits per heavy atom. The van der Waals surface area contributed by atoms with E-state index >= 15 is 0 Å². The molecule has 1 aliphatic heterocycles. The molecule has 1 aliphatic rings. The zero-order valence-electron chi connectivity index (χ0n) is 12.6. The topological polar surface area (TPSA) is 29.9 Å². The molecule has 3 nitrogen and oxygen atoms in total. The summed E-state index contributed by atoms with van der Waals surface area (Å²) in [6.45, 7) is 8.64. The molecule has 0 bridgehead atoms. The number of hydrogen-bond donors (Lipinski definition) is 1. The van der Waals surface area contributed by atoms with Crippen molar-refractivity contribution in [2.45, 2.75) is 39.7 Å². The Labute approximate surface area is 121 Å². The standard InChI is InChI=1S/C17H23N3/c1-12(2)20-17(14-6-4-13(3)5-7-14)15-8-10-18-11-9-16(15)19-20/h4-7,12,18H,8-11H2,1-3H3. The fraction of sp³-hybridized carbons (Fsp3) is 0.471. The Morgan fingerprint density at radius 1 is 1.10 bits per heavy atom. The molecule has 0 saturated carbocycles. The highest BCUT2D eigenvalue weighted by molar-refractivity contribution is 5.65. The summed E-state index contributed by atoms with van der Waals surface area (Å²) in [6, 6.07) is 9.22. The highest BCUT2D eigenvalue weighted by Crippen LogP contribution is 2.30. The molecule has 0 aliphatic carbocycles. The monoisotopic (exact) mass is 269 g/mol. The van der Waals surface area contributed by atoms with Gasteiger partial charge in [0.2, 0.25) is 0 Å². The second kappa shape index (κ2) is 5.41. The Bertz CT molecular complexity index is 593. The van der Waals surface area contributed by atoms with Crippen LogP contribution in [-0.4, -0.2) is 22.9 Å². The molecule has 1 aromatic carbocycles. The maximum atomic E-state index is 4.89. The highest BCUT2D eigenvalue weighted by atomic mass is 15.3. The average molecular weight is 269 g/mol. The van der Waals surface area contributed by atoms with E-state index in [1.165, 1.54) is 28.1 Å². The Hall–Kier alpha value is -1.61. The molecular weight excluding hydrogens is 246 g/mol. The van der Waals surface area contributed by atoms with Crippen LogP contribution in [-0.2, 0) is 12.8 Å². The number of aromatic nitrogens is 2. The lowest BCUT2D eigenvalue weighted by Crippen LogP contribution is -2.17. The molecule has 2 aromatic rings. The summed E-state index contributed by atoms with van der Waals surface area (Å²) in [5, 5.41) is 8.35. The van der Waals surface area contributed by atoms with Crippen LogP contribution in [0.2, 0.25) is 0 Å². The average Bonchev–Trinajstić information content (AvgIpc) is 2.64. The van der Waals surface area contributed by atoms with Crippen LogP contribution in [0.5, 0.6) is 0 Å². The molecule has 3 heteroatoms. The SMILES string of the molecule is Cc1ccc(-c2c3c(nn2C(C)C)CCNCC3)cc1. The second-order valence-electron chi connectivity index (χ2n) is 5.93. The molecule has 0 radical (unpaired) electrons. The van der Waals surface area contributed by atoms with E-state index in [1.807, 2.05) is 0 Å². The fourth-order valence-electron chi connectivity index (χ4n) is 2.92. The van der Waals surface area contributed by atoms with Gasteiger partial charge in [0.25, 0.3) is 0 Å². The van der Waals surface area contributed by atoms with E-state index in [0.717, 1.165) is 25.9 Å². The van der Waals surface area contributed by atoms with Gasteiger partial charge in [0, 0.05) is 30.1 Å². The summed E-state index contributed by atoms with van der Waals surface area (Å²) in [5.41, 5.74) is 6.63. The maximum Gasteiger partial charge on any atom is 0.0720 e. The summed E-state index contributed by atoms with van der Waals surface area (Å²) in [5.74, 6) is 0. The Morgan fingerprint density at radius 3 is 2.50 bits per heavy atom. The molecule has 1 N–H and O–H groups in total. The van der Waals surface area contributed by atoms with Crippen molar-refractivity contribution in [2.24, 2.45) is 0 Å². The van der Waals surface area contributed by atoms with E-state index in [9.17, 15) is 0 Å². The lowest BCUT2D eigenvalue weighted by Gasteiger charge is -2.13. The summed E-state index contributed by atoms with van der Waals surface area (Å²) >= 11 is 0. The lowest BCUT2D eigenvalue weighted by molar-refractivity contribution is 0.529. The number of nitrogens with zero attached hydrogens (tertiary/aromatic N) is 2. The van der Waals surface area contributed by atoms with Crippen molar-refractivity contribution < 1.29 is 0 Å². The van der Waals surface area contributed by atoms with Gasteiger partial charge in [-0.1, -0.05) is 29.8 Å². The van der Waals surface area contributed by atoms with Crippen molar-refractivity contribution >= 4 is 0 Å². The molecule has 106 valence electrons. The van der Waals surface area contributed by atoms with E-state index in [4.69, 9.17) is 5.10 Å². The fourth-order valence-corrected chi connectivity index (χ4v) is 2.92. The third kappa shape index (κ3) is 2.38. The van der Waals surface area contributed by atoms with Crippen molar-refractivity contribution in [3.05, 3.63) is 41.1 Å². The smallest absolute Gasteiger partial charge is 0.0720 e. The molecule has 0 fully saturated rings. The van der Waals surface area contributed by atoms with Gasteiger partial charge in [-0.3, -0.25) is 4.68 Å². The van der Waals surface area contributed by atoms with Crippen LogP contribution >= 0.6 is 0 Å². The van der Waals surface area contributed by atoms with Crippen molar-refractivity contribution in [1.29, 1.82) is 0 Å². The van der Waals surface area contributed by atoms with Crippen molar-refractivity contribution in [3.63, 3.8) is 0 Å². The van der Waals surface area contributed by atoms with Crippen LogP contribution in [0.1, 0.15) is 36.7 Å². The number of aryl methyl sites for hydroxylation is 1. The second-order valence-corrected chi connectivity index (χ2v) is 5.93. The van der Waals surface area contributed by atoms with E-state index in [1.54, 1.807) is 0 Å². The van der Waals surface area contributed by atoms with Gasteiger partial charge in [-0.2, -0.15) is 5.10 Å². The van der Waals surface area contributed by atoms with Gasteiger partial charge < -0.3 is 5.32 Å². The summed E-state index contributed by atoms with van der Waals surface area (Å²) in [7, 11) is 0. The van der Waals surface area contributed by atoms with E-state index < -0.39 is 0 Å². The molecule has 1 aromatic heterocycles. The van der Waals surface area contributed by atoms with Gasteiger partial charge >= 0.3 is 0 Å². The molecule has 0 atom stereocenters. The minimum absolute atomic E-state index is 0.395. The molecular formula is C17H23N3. The lowest BCUT2D eigenvalue weighted by atomic mass is 10.0. The molecule has 3 rings (SSSR count).